The largest absolute Gasteiger partial charge is 0.631 e. The van der Waals surface area contributed by atoms with Gasteiger partial charge in [0.15, 0.2) is 5.66 Å². The van der Waals surface area contributed by atoms with Crippen molar-refractivity contribution in [2.75, 3.05) is 6.16 Å². The van der Waals surface area contributed by atoms with Crippen LogP contribution in [-0.2, 0) is 18.1 Å². The number of hydrogen-bond acceptors (Lipinski definition) is 6. The topological polar surface area (TPSA) is 83.0 Å². The maximum Gasteiger partial charge on any atom is 0.246 e. The number of unbranched alkanes of at least 4 members (excludes halogenated alkanes) is 3. The third-order valence-electron chi connectivity index (χ3n) is 6.62. The summed E-state index contributed by atoms with van der Waals surface area (Å²) in [6.45, 7) is 17.2. The first-order valence-electron chi connectivity index (χ1n) is 10.5. The summed E-state index contributed by atoms with van der Waals surface area (Å²) in [4.78, 5) is 27.3. The van der Waals surface area contributed by atoms with Crippen LogP contribution in [0.5, 0.6) is 0 Å². The molecule has 0 aromatic heterocycles. The van der Waals surface area contributed by atoms with E-state index >= 15 is 0 Å². The predicted octanol–water partition coefficient (Wildman–Crippen LogP) is 4.78. The van der Waals surface area contributed by atoms with Gasteiger partial charge < -0.3 is 9.79 Å². The molecule has 0 saturated carbocycles. The van der Waals surface area contributed by atoms with Gasteiger partial charge in [-0.2, -0.15) is 0 Å². The summed E-state index contributed by atoms with van der Waals surface area (Å²) in [5, 5.41) is 0. The zero-order valence-electron chi connectivity index (χ0n) is 19.2. The predicted molar refractivity (Wildman–Crippen MR) is 112 cm³/mol. The van der Waals surface area contributed by atoms with Crippen LogP contribution in [-0.4, -0.2) is 34.2 Å². The van der Waals surface area contributed by atoms with Crippen molar-refractivity contribution < 1.29 is 27.9 Å². The summed E-state index contributed by atoms with van der Waals surface area (Å²) in [7, 11) is -6.92. The van der Waals surface area contributed by atoms with Crippen molar-refractivity contribution in [1.29, 1.82) is 0 Å². The molecule has 1 atom stereocenters. The van der Waals surface area contributed by atoms with Crippen LogP contribution in [0.1, 0.15) is 94.4 Å². The van der Waals surface area contributed by atoms with Crippen LogP contribution in [0.3, 0.4) is 0 Å². The van der Waals surface area contributed by atoms with E-state index in [0.717, 1.165) is 25.7 Å². The first kappa shape index (κ1) is 24.9. The number of hydrogen-bond donors (Lipinski definition) is 0. The molecule has 6 nitrogen and oxygen atoms in total. The second-order valence-electron chi connectivity index (χ2n) is 10.2. The molecule has 0 bridgehead atoms. The van der Waals surface area contributed by atoms with E-state index in [0.29, 0.717) is 6.42 Å². The van der Waals surface area contributed by atoms with Crippen LogP contribution in [0.25, 0.3) is 0 Å². The monoisotopic (exact) mass is 438 g/mol. The van der Waals surface area contributed by atoms with Crippen molar-refractivity contribution in [2.45, 2.75) is 122 Å². The van der Waals surface area contributed by atoms with E-state index in [4.69, 9.17) is 18.1 Å². The van der Waals surface area contributed by atoms with Gasteiger partial charge in [-0.1, -0.05) is 26.2 Å². The molecule has 2 fully saturated rings. The van der Waals surface area contributed by atoms with E-state index in [-0.39, 0.29) is 6.16 Å². The minimum absolute atomic E-state index is 0.0510. The molecule has 0 radical (unpaired) electrons. The second-order valence-corrected chi connectivity index (χ2v) is 14.4. The molecule has 2 aliphatic rings. The smallest absolute Gasteiger partial charge is 0.246 e. The lowest BCUT2D eigenvalue weighted by atomic mass is 9.90. The first-order valence-corrected chi connectivity index (χ1v) is 13.8. The Morgan fingerprint density at radius 3 is 1.54 bits per heavy atom. The molecular weight excluding hydrogens is 398 g/mol. The van der Waals surface area contributed by atoms with Gasteiger partial charge in [-0.05, 0) is 68.2 Å². The molecule has 2 heterocycles. The Balaban J connectivity index is 2.24. The average Bonchev–Trinajstić information content (AvgIpc) is 2.75. The van der Waals surface area contributed by atoms with Gasteiger partial charge in [-0.15, -0.1) is 0 Å². The van der Waals surface area contributed by atoms with Gasteiger partial charge >= 0.3 is 0 Å². The molecule has 8 heteroatoms. The molecule has 0 aromatic rings. The average molecular weight is 438 g/mol. The molecule has 1 unspecified atom stereocenters. The van der Waals surface area contributed by atoms with E-state index in [9.17, 15) is 9.79 Å². The Hall–Kier alpha value is 0.620. The van der Waals surface area contributed by atoms with Gasteiger partial charge in [0.1, 0.15) is 28.6 Å². The van der Waals surface area contributed by atoms with Gasteiger partial charge in [-0.25, -0.2) is 18.1 Å². The van der Waals surface area contributed by atoms with Crippen LogP contribution >= 0.6 is 15.9 Å². The Bertz CT molecular complexity index is 529. The van der Waals surface area contributed by atoms with Crippen LogP contribution in [0.4, 0.5) is 0 Å². The van der Waals surface area contributed by atoms with E-state index in [1.807, 2.05) is 55.4 Å². The Kier molecular flexibility index (Phi) is 7.07. The molecule has 2 aliphatic heterocycles. The highest BCUT2D eigenvalue weighted by molar-refractivity contribution is 7.64. The first-order chi connectivity index (χ1) is 12.5. The molecule has 0 spiro atoms. The van der Waals surface area contributed by atoms with Crippen molar-refractivity contribution in [2.24, 2.45) is 0 Å². The maximum absolute atomic E-state index is 13.8. The van der Waals surface area contributed by atoms with E-state index in [1.54, 1.807) is 0 Å². The van der Waals surface area contributed by atoms with Crippen molar-refractivity contribution in [3.63, 3.8) is 0 Å². The van der Waals surface area contributed by atoms with Crippen LogP contribution in [0.2, 0.25) is 0 Å². The number of rotatable bonds is 8. The van der Waals surface area contributed by atoms with Crippen LogP contribution < -0.4 is 9.79 Å². The van der Waals surface area contributed by atoms with Crippen molar-refractivity contribution >= 4 is 15.9 Å². The lowest BCUT2D eigenvalue weighted by Gasteiger charge is -2.34. The second kappa shape index (κ2) is 7.95. The fourth-order valence-electron chi connectivity index (χ4n) is 3.45. The lowest BCUT2D eigenvalue weighted by Crippen LogP contribution is -2.41. The molecule has 0 amide bonds. The highest BCUT2D eigenvalue weighted by atomic mass is 31.2. The Labute approximate surface area is 172 Å². The Morgan fingerprint density at radius 2 is 1.11 bits per heavy atom. The summed E-state index contributed by atoms with van der Waals surface area (Å²) in [5.41, 5.74) is -3.30. The molecule has 28 heavy (non-hydrogen) atoms. The summed E-state index contributed by atoms with van der Waals surface area (Å²) in [6, 6.07) is 0. The van der Waals surface area contributed by atoms with Gasteiger partial charge in [0.2, 0.25) is 15.9 Å². The minimum atomic E-state index is -3.48. The van der Waals surface area contributed by atoms with Crippen molar-refractivity contribution in [1.82, 2.24) is 0 Å². The summed E-state index contributed by atoms with van der Waals surface area (Å²) in [5.74, 6) is 0. The standard InChI is InChI=1S/C20H40O6P2/c1-10-11-12-13-14-16(28(22)25-19(6,7)20(8,9)26-28)15-27(21)23-17(2,3)18(4,5)24-27/h16H,10-15H2,1-9H3. The third kappa shape index (κ3) is 4.92. The molecular formula is C20H40O6P2. The fraction of sp³-hybridized carbons (Fsp3) is 1.00. The van der Waals surface area contributed by atoms with E-state index in [2.05, 4.69) is 6.92 Å². The SMILES string of the molecule is CCCCCCC(C[P+]1([O-])OC(C)(C)C(C)(C)O1)[P+]1([O-])OC(C)(C)C(C)(C)O1. The zero-order valence-corrected chi connectivity index (χ0v) is 21.0. The van der Waals surface area contributed by atoms with Crippen molar-refractivity contribution in [3.05, 3.63) is 0 Å². The van der Waals surface area contributed by atoms with Crippen LogP contribution in [0.15, 0.2) is 0 Å². The minimum Gasteiger partial charge on any atom is -0.631 e. The van der Waals surface area contributed by atoms with Crippen LogP contribution in [0, 0.1) is 0 Å². The highest BCUT2D eigenvalue weighted by Gasteiger charge is 2.67. The van der Waals surface area contributed by atoms with Gasteiger partial charge in [0, 0.05) is 0 Å². The summed E-state index contributed by atoms with van der Waals surface area (Å²) >= 11 is 0. The maximum atomic E-state index is 13.8. The van der Waals surface area contributed by atoms with Gasteiger partial charge in [-0.3, -0.25) is 0 Å². The quantitative estimate of drug-likeness (QED) is 0.401. The third-order valence-corrected chi connectivity index (χ3v) is 12.0. The normalized spacial score (nSPS) is 29.7. The molecule has 2 saturated heterocycles. The fourth-order valence-corrected chi connectivity index (χ4v) is 10.1. The van der Waals surface area contributed by atoms with E-state index < -0.39 is 43.9 Å². The van der Waals surface area contributed by atoms with Gasteiger partial charge in [0.25, 0.3) is 0 Å². The lowest BCUT2D eigenvalue weighted by molar-refractivity contribution is -0.220. The summed E-state index contributed by atoms with van der Waals surface area (Å²) in [6.07, 6.45) is 4.80. The Morgan fingerprint density at radius 1 is 0.679 bits per heavy atom. The summed E-state index contributed by atoms with van der Waals surface area (Å²) < 4.78 is 23.9. The zero-order chi connectivity index (χ0) is 21.6. The van der Waals surface area contributed by atoms with Crippen molar-refractivity contribution in [3.8, 4) is 0 Å². The van der Waals surface area contributed by atoms with Gasteiger partial charge in [0.05, 0.1) is 0 Å². The molecule has 0 aliphatic carbocycles. The molecule has 0 N–H and O–H groups in total. The highest BCUT2D eigenvalue weighted by Crippen LogP contribution is 2.75. The molecule has 2 rings (SSSR count). The molecule has 166 valence electrons. The van der Waals surface area contributed by atoms with E-state index in [1.165, 1.54) is 0 Å². The molecule has 0 aromatic carbocycles.